The number of aromatic nitrogens is 2. The zero-order valence-electron chi connectivity index (χ0n) is 14.6. The number of carbonyl (C=O) groups is 1. The Morgan fingerprint density at radius 1 is 0.962 bits per heavy atom. The topological polar surface area (TPSA) is 61.3 Å². The van der Waals surface area contributed by atoms with E-state index in [1.54, 1.807) is 12.1 Å². The lowest BCUT2D eigenvalue weighted by Gasteiger charge is -2.34. The number of piperazine rings is 1. The SMILES string of the molecule is O=C(c1cc2ccccc2[nH]1)N1CCN(CCn2ccc(=O)cc2)CC1. The molecule has 3 aromatic rings. The predicted molar refractivity (Wildman–Crippen MR) is 101 cm³/mol. The highest BCUT2D eigenvalue weighted by Crippen LogP contribution is 2.16. The van der Waals surface area contributed by atoms with Gasteiger partial charge in [0.25, 0.3) is 5.91 Å². The third kappa shape index (κ3) is 3.55. The van der Waals surface area contributed by atoms with Gasteiger partial charge < -0.3 is 14.5 Å². The van der Waals surface area contributed by atoms with Gasteiger partial charge in [-0.3, -0.25) is 14.5 Å². The average molecular weight is 350 g/mol. The van der Waals surface area contributed by atoms with Crippen LogP contribution in [0.25, 0.3) is 10.9 Å². The van der Waals surface area contributed by atoms with Gasteiger partial charge in [0.1, 0.15) is 5.69 Å². The molecule has 1 N–H and O–H groups in total. The van der Waals surface area contributed by atoms with E-state index in [0.717, 1.165) is 50.2 Å². The first kappa shape index (κ1) is 16.6. The highest BCUT2D eigenvalue weighted by atomic mass is 16.2. The quantitative estimate of drug-likeness (QED) is 0.780. The number of nitrogens with zero attached hydrogens (tertiary/aromatic N) is 3. The molecule has 4 rings (SSSR count). The van der Waals surface area contributed by atoms with E-state index >= 15 is 0 Å². The van der Waals surface area contributed by atoms with Gasteiger partial charge in [0.15, 0.2) is 5.43 Å². The fourth-order valence-corrected chi connectivity index (χ4v) is 3.38. The first-order chi connectivity index (χ1) is 12.7. The van der Waals surface area contributed by atoms with Crippen molar-refractivity contribution < 1.29 is 4.79 Å². The molecule has 0 saturated carbocycles. The highest BCUT2D eigenvalue weighted by molar-refractivity contribution is 5.98. The molecule has 1 aliphatic rings. The van der Waals surface area contributed by atoms with Crippen molar-refractivity contribution in [2.45, 2.75) is 6.54 Å². The van der Waals surface area contributed by atoms with Crippen LogP contribution in [0.1, 0.15) is 10.5 Å². The van der Waals surface area contributed by atoms with Gasteiger partial charge in [0.05, 0.1) is 0 Å². The summed E-state index contributed by atoms with van der Waals surface area (Å²) in [7, 11) is 0. The Morgan fingerprint density at radius 2 is 1.69 bits per heavy atom. The number of benzene rings is 1. The first-order valence-corrected chi connectivity index (χ1v) is 8.94. The van der Waals surface area contributed by atoms with Crippen molar-refractivity contribution in [1.82, 2.24) is 19.4 Å². The molecule has 1 amide bonds. The second kappa shape index (κ2) is 7.17. The molecule has 0 aliphatic carbocycles. The monoisotopic (exact) mass is 350 g/mol. The minimum absolute atomic E-state index is 0.0327. The molecule has 1 aliphatic heterocycles. The summed E-state index contributed by atoms with van der Waals surface area (Å²) < 4.78 is 2.02. The molecule has 26 heavy (non-hydrogen) atoms. The van der Waals surface area contributed by atoms with Gasteiger partial charge in [-0.1, -0.05) is 18.2 Å². The maximum Gasteiger partial charge on any atom is 0.270 e. The van der Waals surface area contributed by atoms with Gasteiger partial charge in [-0.2, -0.15) is 0 Å². The summed E-state index contributed by atoms with van der Waals surface area (Å²) in [6.07, 6.45) is 3.63. The largest absolute Gasteiger partial charge is 0.353 e. The van der Waals surface area contributed by atoms with Crippen molar-refractivity contribution in [3.8, 4) is 0 Å². The van der Waals surface area contributed by atoms with Crippen LogP contribution in [0, 0.1) is 0 Å². The van der Waals surface area contributed by atoms with Crippen LogP contribution in [0.4, 0.5) is 0 Å². The van der Waals surface area contributed by atoms with Crippen LogP contribution in [0.2, 0.25) is 0 Å². The second-order valence-electron chi connectivity index (χ2n) is 6.68. The normalized spacial score (nSPS) is 15.5. The van der Waals surface area contributed by atoms with Gasteiger partial charge in [0.2, 0.25) is 0 Å². The minimum Gasteiger partial charge on any atom is -0.353 e. The molecular formula is C20H22N4O2. The molecule has 0 atom stereocenters. The van der Waals surface area contributed by atoms with Crippen molar-refractivity contribution in [2.24, 2.45) is 0 Å². The van der Waals surface area contributed by atoms with Crippen molar-refractivity contribution in [3.05, 3.63) is 70.8 Å². The van der Waals surface area contributed by atoms with Gasteiger partial charge in [-0.25, -0.2) is 0 Å². The lowest BCUT2D eigenvalue weighted by molar-refractivity contribution is 0.0628. The zero-order chi connectivity index (χ0) is 17.9. The van der Waals surface area contributed by atoms with Crippen LogP contribution in [0.3, 0.4) is 0 Å². The smallest absolute Gasteiger partial charge is 0.270 e. The van der Waals surface area contributed by atoms with Crippen LogP contribution in [0.5, 0.6) is 0 Å². The molecule has 1 aromatic carbocycles. The Balaban J connectivity index is 1.32. The van der Waals surface area contributed by atoms with Crippen LogP contribution >= 0.6 is 0 Å². The van der Waals surface area contributed by atoms with Gasteiger partial charge >= 0.3 is 0 Å². The van der Waals surface area contributed by atoms with E-state index in [-0.39, 0.29) is 11.3 Å². The number of aromatic amines is 1. The summed E-state index contributed by atoms with van der Waals surface area (Å²) in [4.78, 5) is 31.4. The summed E-state index contributed by atoms with van der Waals surface area (Å²) in [5, 5.41) is 1.07. The van der Waals surface area contributed by atoms with E-state index in [1.165, 1.54) is 0 Å². The van der Waals surface area contributed by atoms with E-state index in [2.05, 4.69) is 9.88 Å². The molecular weight excluding hydrogens is 328 g/mol. The third-order valence-electron chi connectivity index (χ3n) is 4.95. The van der Waals surface area contributed by atoms with E-state index in [4.69, 9.17) is 0 Å². The summed E-state index contributed by atoms with van der Waals surface area (Å²) in [5.74, 6) is 0.0706. The summed E-state index contributed by atoms with van der Waals surface area (Å²) in [5.41, 5.74) is 1.69. The number of hydrogen-bond donors (Lipinski definition) is 1. The van der Waals surface area contributed by atoms with Crippen LogP contribution in [0.15, 0.2) is 59.7 Å². The maximum absolute atomic E-state index is 12.7. The van der Waals surface area contributed by atoms with Crippen molar-refractivity contribution in [3.63, 3.8) is 0 Å². The number of H-pyrrole nitrogens is 1. The molecule has 0 radical (unpaired) electrons. The number of pyridine rings is 1. The number of carbonyl (C=O) groups excluding carboxylic acids is 1. The summed E-state index contributed by atoms with van der Waals surface area (Å²) >= 11 is 0. The summed E-state index contributed by atoms with van der Waals surface area (Å²) in [6, 6.07) is 13.0. The highest BCUT2D eigenvalue weighted by Gasteiger charge is 2.23. The molecule has 6 nitrogen and oxygen atoms in total. The molecule has 3 heterocycles. The number of para-hydroxylation sites is 1. The van der Waals surface area contributed by atoms with Crippen molar-refractivity contribution in [1.29, 1.82) is 0 Å². The Morgan fingerprint density at radius 3 is 2.42 bits per heavy atom. The number of rotatable bonds is 4. The van der Waals surface area contributed by atoms with E-state index < -0.39 is 0 Å². The van der Waals surface area contributed by atoms with Crippen molar-refractivity contribution >= 4 is 16.8 Å². The Kier molecular flexibility index (Phi) is 4.58. The van der Waals surface area contributed by atoms with Crippen LogP contribution in [-0.4, -0.2) is 58.0 Å². The molecule has 0 spiro atoms. The van der Waals surface area contributed by atoms with E-state index in [1.807, 2.05) is 52.2 Å². The number of hydrogen-bond acceptors (Lipinski definition) is 3. The zero-order valence-corrected chi connectivity index (χ0v) is 14.6. The predicted octanol–water partition coefficient (Wildman–Crippen LogP) is 1.79. The molecule has 2 aromatic heterocycles. The van der Waals surface area contributed by atoms with Crippen LogP contribution < -0.4 is 5.43 Å². The van der Waals surface area contributed by atoms with Crippen molar-refractivity contribution in [2.75, 3.05) is 32.7 Å². The van der Waals surface area contributed by atoms with E-state index in [9.17, 15) is 9.59 Å². The molecule has 0 bridgehead atoms. The maximum atomic E-state index is 12.7. The molecule has 1 saturated heterocycles. The lowest BCUT2D eigenvalue weighted by atomic mass is 10.2. The standard InChI is InChI=1S/C20H22N4O2/c25-17-5-7-22(8-6-17)9-10-23-11-13-24(14-12-23)20(26)19-15-16-3-1-2-4-18(16)21-19/h1-8,15,21H,9-14H2. The lowest BCUT2D eigenvalue weighted by Crippen LogP contribution is -2.49. The Hall–Kier alpha value is -2.86. The van der Waals surface area contributed by atoms with Gasteiger partial charge in [0, 0.05) is 74.7 Å². The Labute approximate surface area is 151 Å². The van der Waals surface area contributed by atoms with Gasteiger partial charge in [-0.05, 0) is 12.1 Å². The van der Waals surface area contributed by atoms with Crippen LogP contribution in [-0.2, 0) is 6.54 Å². The molecule has 134 valence electrons. The second-order valence-corrected chi connectivity index (χ2v) is 6.68. The number of nitrogens with one attached hydrogen (secondary N) is 1. The first-order valence-electron chi connectivity index (χ1n) is 8.94. The fourth-order valence-electron chi connectivity index (χ4n) is 3.38. The number of amides is 1. The average Bonchev–Trinajstić information content (AvgIpc) is 3.12. The fraction of sp³-hybridized carbons (Fsp3) is 0.300. The number of fused-ring (bicyclic) bond motifs is 1. The minimum atomic E-state index is 0.0327. The molecule has 6 heteroatoms. The third-order valence-corrected chi connectivity index (χ3v) is 4.95. The van der Waals surface area contributed by atoms with E-state index in [0.29, 0.717) is 5.69 Å². The Bertz CT molecular complexity index is 914. The molecule has 1 fully saturated rings. The van der Waals surface area contributed by atoms with Gasteiger partial charge in [-0.15, -0.1) is 0 Å². The summed E-state index contributed by atoms with van der Waals surface area (Å²) in [6.45, 7) is 4.96. The molecule has 0 unspecified atom stereocenters.